The number of pyridine rings is 1. The zero-order valence-electron chi connectivity index (χ0n) is 20.6. The molecule has 40 heavy (non-hydrogen) atoms. The predicted molar refractivity (Wildman–Crippen MR) is 149 cm³/mol. The second-order valence-electron chi connectivity index (χ2n) is 8.81. The SMILES string of the molecule is Cc1ccc(S(=O)(=O)Nc2ccc(F)c(Nc3ncnc4ccc(-n5cnc6ccccc65)nc34)c2F)c(Cl)c1. The molecule has 0 aliphatic heterocycles. The van der Waals surface area contributed by atoms with Gasteiger partial charge in [0.2, 0.25) is 0 Å². The number of benzene rings is 3. The second kappa shape index (κ2) is 9.81. The molecule has 0 saturated heterocycles. The number of para-hydroxylation sites is 2. The first kappa shape index (κ1) is 25.6. The second-order valence-corrected chi connectivity index (χ2v) is 10.9. The van der Waals surface area contributed by atoms with Crippen molar-refractivity contribution in [1.29, 1.82) is 0 Å². The van der Waals surface area contributed by atoms with Crippen LogP contribution in [-0.2, 0) is 10.0 Å². The number of fused-ring (bicyclic) bond motifs is 2. The molecule has 0 saturated carbocycles. The Hall–Kier alpha value is -4.68. The molecule has 0 bridgehead atoms. The lowest BCUT2D eigenvalue weighted by Crippen LogP contribution is -2.15. The lowest BCUT2D eigenvalue weighted by Gasteiger charge is -2.15. The van der Waals surface area contributed by atoms with Crippen molar-refractivity contribution < 1.29 is 17.2 Å². The number of halogens is 3. The molecular weight excluding hydrogens is 560 g/mol. The minimum Gasteiger partial charge on any atom is -0.333 e. The Kier molecular flexibility index (Phi) is 6.28. The maximum atomic E-state index is 15.6. The minimum absolute atomic E-state index is 0.00987. The largest absolute Gasteiger partial charge is 0.333 e. The minimum atomic E-state index is -4.29. The van der Waals surface area contributed by atoms with Crippen LogP contribution in [0.5, 0.6) is 0 Å². The van der Waals surface area contributed by atoms with E-state index in [1.165, 1.54) is 18.5 Å². The number of imidazole rings is 1. The van der Waals surface area contributed by atoms with Gasteiger partial charge >= 0.3 is 0 Å². The van der Waals surface area contributed by atoms with Crippen molar-refractivity contribution in [2.45, 2.75) is 11.8 Å². The number of sulfonamides is 1. The Bertz CT molecular complexity index is 2050. The molecule has 0 atom stereocenters. The fourth-order valence-electron chi connectivity index (χ4n) is 4.19. The summed E-state index contributed by atoms with van der Waals surface area (Å²) in [5.41, 5.74) is 1.85. The Labute approximate surface area is 231 Å². The van der Waals surface area contributed by atoms with Gasteiger partial charge in [0.25, 0.3) is 10.0 Å². The van der Waals surface area contributed by atoms with E-state index in [4.69, 9.17) is 11.6 Å². The number of nitrogens with zero attached hydrogens (tertiary/aromatic N) is 5. The molecule has 9 nitrogen and oxygen atoms in total. The van der Waals surface area contributed by atoms with Crippen LogP contribution in [0, 0.1) is 18.6 Å². The van der Waals surface area contributed by atoms with E-state index in [0.717, 1.165) is 28.7 Å². The third-order valence-electron chi connectivity index (χ3n) is 6.12. The molecule has 200 valence electrons. The number of rotatable bonds is 6. The van der Waals surface area contributed by atoms with Crippen LogP contribution in [0.2, 0.25) is 5.02 Å². The summed E-state index contributed by atoms with van der Waals surface area (Å²) < 4.78 is 60.2. The predicted octanol–water partition coefficient (Wildman–Crippen LogP) is 6.15. The van der Waals surface area contributed by atoms with Crippen molar-refractivity contribution in [2.24, 2.45) is 0 Å². The molecule has 0 aliphatic rings. The van der Waals surface area contributed by atoms with Gasteiger partial charge in [0.1, 0.15) is 40.4 Å². The van der Waals surface area contributed by atoms with E-state index in [-0.39, 0.29) is 21.3 Å². The lowest BCUT2D eigenvalue weighted by molar-refractivity contribution is 0.588. The highest BCUT2D eigenvalue weighted by Crippen LogP contribution is 2.32. The van der Waals surface area contributed by atoms with Crippen molar-refractivity contribution >= 4 is 60.9 Å². The van der Waals surface area contributed by atoms with E-state index < -0.39 is 33.0 Å². The van der Waals surface area contributed by atoms with Crippen LogP contribution in [0.1, 0.15) is 5.56 Å². The standard InChI is InChI=1S/C27H18ClF2N7O2S/c1-15-6-10-22(16(28)12-15)40(38,39)36-19-8-7-17(29)25(24(19)30)35-27-26-20(31-13-32-27)9-11-23(34-26)37-14-33-18-4-2-3-5-21(18)37/h2-14,36H,1H3,(H,31,32,35). The quantitative estimate of drug-likeness (QED) is 0.244. The summed E-state index contributed by atoms with van der Waals surface area (Å²) in [5.74, 6) is -1.67. The van der Waals surface area contributed by atoms with Gasteiger partial charge in [-0.15, -0.1) is 0 Å². The highest BCUT2D eigenvalue weighted by molar-refractivity contribution is 7.92. The van der Waals surface area contributed by atoms with Gasteiger partial charge in [-0.1, -0.05) is 29.8 Å². The van der Waals surface area contributed by atoms with Crippen LogP contribution in [-0.4, -0.2) is 32.9 Å². The van der Waals surface area contributed by atoms with Gasteiger partial charge in [0.15, 0.2) is 11.6 Å². The monoisotopic (exact) mass is 577 g/mol. The number of aromatic nitrogens is 5. The van der Waals surface area contributed by atoms with E-state index >= 15 is 4.39 Å². The van der Waals surface area contributed by atoms with Gasteiger partial charge in [-0.25, -0.2) is 37.1 Å². The van der Waals surface area contributed by atoms with E-state index in [2.05, 4.69) is 30.0 Å². The molecule has 0 radical (unpaired) electrons. The maximum absolute atomic E-state index is 15.6. The molecule has 3 aromatic heterocycles. The average Bonchev–Trinajstić information content (AvgIpc) is 3.36. The Morgan fingerprint density at radius 1 is 0.925 bits per heavy atom. The van der Waals surface area contributed by atoms with Crippen LogP contribution >= 0.6 is 11.6 Å². The van der Waals surface area contributed by atoms with Crippen LogP contribution < -0.4 is 10.0 Å². The molecule has 3 aromatic carbocycles. The first-order chi connectivity index (χ1) is 19.2. The van der Waals surface area contributed by atoms with Crippen molar-refractivity contribution in [3.05, 3.63) is 102 Å². The topological polar surface area (TPSA) is 115 Å². The highest BCUT2D eigenvalue weighted by atomic mass is 35.5. The number of hydrogen-bond acceptors (Lipinski definition) is 7. The summed E-state index contributed by atoms with van der Waals surface area (Å²) in [6.07, 6.45) is 2.84. The summed E-state index contributed by atoms with van der Waals surface area (Å²) in [6.45, 7) is 1.75. The smallest absolute Gasteiger partial charge is 0.263 e. The van der Waals surface area contributed by atoms with Gasteiger partial charge in [-0.2, -0.15) is 0 Å². The first-order valence-corrected chi connectivity index (χ1v) is 13.7. The molecule has 0 aliphatic carbocycles. The molecule has 13 heteroatoms. The summed E-state index contributed by atoms with van der Waals surface area (Å²) in [6, 6.07) is 17.2. The molecule has 0 fully saturated rings. The van der Waals surface area contributed by atoms with Crippen molar-refractivity contribution in [2.75, 3.05) is 10.0 Å². The molecule has 0 unspecified atom stereocenters. The highest BCUT2D eigenvalue weighted by Gasteiger charge is 2.23. The van der Waals surface area contributed by atoms with Gasteiger partial charge in [0, 0.05) is 0 Å². The van der Waals surface area contributed by atoms with Gasteiger partial charge in [-0.3, -0.25) is 9.29 Å². The van der Waals surface area contributed by atoms with E-state index in [9.17, 15) is 12.8 Å². The summed E-state index contributed by atoms with van der Waals surface area (Å²) >= 11 is 6.11. The van der Waals surface area contributed by atoms with Crippen LogP contribution in [0.15, 0.2) is 84.3 Å². The normalized spacial score (nSPS) is 11.7. The molecule has 0 spiro atoms. The van der Waals surface area contributed by atoms with E-state index in [1.54, 1.807) is 36.0 Å². The number of anilines is 3. The zero-order chi connectivity index (χ0) is 28.0. The lowest BCUT2D eigenvalue weighted by atomic mass is 10.2. The molecule has 6 aromatic rings. The van der Waals surface area contributed by atoms with Crippen molar-refractivity contribution in [3.63, 3.8) is 0 Å². The Morgan fingerprint density at radius 3 is 2.58 bits per heavy atom. The van der Waals surface area contributed by atoms with Crippen molar-refractivity contribution in [3.8, 4) is 5.82 Å². The average molecular weight is 578 g/mol. The van der Waals surface area contributed by atoms with E-state index in [1.807, 2.05) is 24.3 Å². The van der Waals surface area contributed by atoms with Gasteiger partial charge in [-0.05, 0) is 61.0 Å². The Balaban J connectivity index is 1.39. The van der Waals surface area contributed by atoms with Crippen LogP contribution in [0.25, 0.3) is 27.9 Å². The molecule has 0 amide bonds. The fraction of sp³-hybridized carbons (Fsp3) is 0.0370. The number of aryl methyl sites for hydroxylation is 1. The molecular formula is C27H18ClF2N7O2S. The molecule has 3 heterocycles. The summed E-state index contributed by atoms with van der Waals surface area (Å²) in [7, 11) is -4.29. The van der Waals surface area contributed by atoms with Crippen molar-refractivity contribution in [1.82, 2.24) is 24.5 Å². The van der Waals surface area contributed by atoms with Crippen LogP contribution in [0.3, 0.4) is 0 Å². The third-order valence-corrected chi connectivity index (χ3v) is 7.97. The third kappa shape index (κ3) is 4.56. The Morgan fingerprint density at radius 2 is 1.75 bits per heavy atom. The number of nitrogens with one attached hydrogen (secondary N) is 2. The zero-order valence-corrected chi connectivity index (χ0v) is 22.2. The summed E-state index contributed by atoms with van der Waals surface area (Å²) in [5, 5.41) is 2.59. The molecule has 6 rings (SSSR count). The number of hydrogen-bond donors (Lipinski definition) is 2. The first-order valence-electron chi connectivity index (χ1n) is 11.8. The van der Waals surface area contributed by atoms with E-state index in [0.29, 0.717) is 11.3 Å². The maximum Gasteiger partial charge on any atom is 0.263 e. The fourth-order valence-corrected chi connectivity index (χ4v) is 5.84. The summed E-state index contributed by atoms with van der Waals surface area (Å²) in [4.78, 5) is 17.1. The molecule has 2 N–H and O–H groups in total. The van der Waals surface area contributed by atoms with Gasteiger partial charge < -0.3 is 5.32 Å². The van der Waals surface area contributed by atoms with Gasteiger partial charge in [0.05, 0.1) is 27.3 Å². The van der Waals surface area contributed by atoms with Crippen LogP contribution in [0.4, 0.5) is 26.0 Å².